The van der Waals surface area contributed by atoms with Gasteiger partial charge in [-0.25, -0.2) is 34.4 Å². The van der Waals surface area contributed by atoms with Crippen molar-refractivity contribution in [2.75, 3.05) is 80.0 Å². The van der Waals surface area contributed by atoms with E-state index in [0.29, 0.717) is 0 Å². The summed E-state index contributed by atoms with van der Waals surface area (Å²) < 4.78 is 0.702. The van der Waals surface area contributed by atoms with Crippen LogP contribution >= 0.6 is 102 Å². The molecule has 0 aromatic heterocycles. The minimum atomic E-state index is -0.974. The van der Waals surface area contributed by atoms with Gasteiger partial charge in [0, 0.05) is 0 Å². The molecule has 36 heavy (non-hydrogen) atoms. The van der Waals surface area contributed by atoms with Crippen molar-refractivity contribution < 1.29 is 28.5 Å². The third kappa shape index (κ3) is 53.3. The largest absolute Gasteiger partial charge is 0.858 e. The number of hydrogen-bond donors (Lipinski definition) is 0. The van der Waals surface area contributed by atoms with Crippen LogP contribution in [0.5, 0.6) is 0 Å². The summed E-state index contributed by atoms with van der Waals surface area (Å²) in [5.41, 5.74) is 0. The summed E-state index contributed by atoms with van der Waals surface area (Å²) >= 11 is 18.8. The Hall–Kier alpha value is 3.01. The van der Waals surface area contributed by atoms with E-state index in [4.69, 9.17) is 34.4 Å². The number of halogens is 6. The number of nitrogens with zero attached hydrogens (tertiary/aromatic N) is 3. The standard InChI is InChI=1S/3C7H18N.3BClIO/c3*1-5-8(4,6-2)7-3;3*2-1(3)4/h3*5-7H2,1-4H3;;;/q3*+1;3*-1. The fraction of sp³-hybridized carbons (Fsp3) is 1.00. The van der Waals surface area contributed by atoms with Gasteiger partial charge in [0.1, 0.15) is 0 Å². The van der Waals surface area contributed by atoms with Crippen LogP contribution in [-0.4, -0.2) is 106 Å². The summed E-state index contributed by atoms with van der Waals surface area (Å²) in [5.74, 6) is 0. The van der Waals surface area contributed by atoms with Gasteiger partial charge in [0.25, 0.3) is 0 Å². The van der Waals surface area contributed by atoms with Gasteiger partial charge in [0.2, 0.25) is 12.6 Å². The Labute approximate surface area is 282 Å². The third-order valence-electron chi connectivity index (χ3n) is 6.87. The lowest BCUT2D eigenvalue weighted by Crippen LogP contribution is -2.42. The molecule has 0 saturated carbocycles. The molecular formula is C21H54B3Cl3I3N3O3. The summed E-state index contributed by atoms with van der Waals surface area (Å²) in [6.07, 6.45) is 0. The topological polar surface area (TPSA) is 69.2 Å². The molecule has 0 rings (SSSR count). The number of quaternary nitrogens is 3. The molecule has 0 aliphatic heterocycles. The highest BCUT2D eigenvalue weighted by atomic mass is 127. The lowest BCUT2D eigenvalue weighted by Gasteiger charge is -2.30. The Morgan fingerprint density at radius 3 is 0.472 bits per heavy atom. The maximum Gasteiger partial charge on any atom is 0.216 e. The summed E-state index contributed by atoms with van der Waals surface area (Å²) in [6, 6.07) is 0. The molecule has 0 spiro atoms. The van der Waals surface area contributed by atoms with Crippen molar-refractivity contribution in [1.82, 2.24) is 0 Å². The van der Waals surface area contributed by atoms with Crippen LogP contribution in [0.3, 0.4) is 0 Å². The molecule has 0 aliphatic carbocycles. The van der Waals surface area contributed by atoms with Crippen LogP contribution in [-0.2, 0) is 0 Å². The van der Waals surface area contributed by atoms with E-state index in [1.54, 1.807) is 67.1 Å². The quantitative estimate of drug-likeness (QED) is 0.195. The van der Waals surface area contributed by atoms with Gasteiger partial charge in [-0.1, -0.05) is 0 Å². The van der Waals surface area contributed by atoms with E-state index < -0.39 is 12.6 Å². The third-order valence-corrected chi connectivity index (χ3v) is 6.87. The second kappa shape index (κ2) is 34.2. The molecule has 0 aromatic carbocycles. The highest BCUT2D eigenvalue weighted by Crippen LogP contribution is 1.99. The zero-order valence-electron chi connectivity index (χ0n) is 24.9. The molecular weight excluding hydrogens is 862 g/mol. The van der Waals surface area contributed by atoms with Crippen molar-refractivity contribution in [2.45, 2.75) is 62.3 Å². The van der Waals surface area contributed by atoms with Gasteiger partial charge >= 0.3 is 0 Å². The first-order valence-corrected chi connectivity index (χ1v) is 17.6. The van der Waals surface area contributed by atoms with E-state index in [9.17, 15) is 15.1 Å². The van der Waals surface area contributed by atoms with Crippen molar-refractivity contribution in [3.05, 3.63) is 0 Å². The minimum Gasteiger partial charge on any atom is -0.858 e. The number of hydrogen-bond acceptors (Lipinski definition) is 3. The fourth-order valence-corrected chi connectivity index (χ4v) is 2.01. The molecule has 0 bridgehead atoms. The zero-order chi connectivity index (χ0) is 30.6. The molecule has 222 valence electrons. The molecule has 0 amide bonds. The van der Waals surface area contributed by atoms with Crippen LogP contribution in [0.1, 0.15) is 62.3 Å². The lowest BCUT2D eigenvalue weighted by atomic mass is 10.4. The van der Waals surface area contributed by atoms with Gasteiger partial charge < -0.3 is 28.5 Å². The highest BCUT2D eigenvalue weighted by Gasteiger charge is 2.12. The van der Waals surface area contributed by atoms with Crippen molar-refractivity contribution in [3.63, 3.8) is 0 Å². The first-order valence-electron chi connectivity index (χ1n) is 12.6. The summed E-state index contributed by atoms with van der Waals surface area (Å²) in [4.78, 5) is 0. The van der Waals surface area contributed by atoms with Crippen molar-refractivity contribution in [2.24, 2.45) is 0 Å². The molecule has 0 radical (unpaired) electrons. The predicted molar refractivity (Wildman–Crippen MR) is 190 cm³/mol. The Morgan fingerprint density at radius 2 is 0.472 bits per heavy atom. The van der Waals surface area contributed by atoms with E-state index in [1.165, 1.54) is 72.4 Å². The maximum absolute atomic E-state index is 9.28. The predicted octanol–water partition coefficient (Wildman–Crippen LogP) is 4.49. The monoisotopic (exact) mass is 915 g/mol. The Morgan fingerprint density at radius 1 is 0.417 bits per heavy atom. The van der Waals surface area contributed by atoms with E-state index in [2.05, 4.69) is 83.5 Å². The second-order valence-corrected chi connectivity index (χ2v) is 15.3. The molecule has 0 aliphatic rings. The first kappa shape index (κ1) is 51.7. The van der Waals surface area contributed by atoms with E-state index in [-0.39, 0.29) is 0 Å². The lowest BCUT2D eigenvalue weighted by molar-refractivity contribution is -0.904. The SMILES string of the molecule is CC[N+](C)(CC)CC.CC[N+](C)(CC)CC.CC[N+](C)(CC)CC.[O-]B(Cl)I.[O-]B(Cl)I.[O-]B(Cl)I. The van der Waals surface area contributed by atoms with Crippen LogP contribution in [0.2, 0.25) is 0 Å². The summed E-state index contributed by atoms with van der Waals surface area (Å²) in [6.45, 7) is 31.5. The van der Waals surface area contributed by atoms with Gasteiger partial charge in [-0.05, 0) is 62.3 Å². The first-order chi connectivity index (χ1) is 16.2. The van der Waals surface area contributed by atoms with Crippen molar-refractivity contribution in [3.8, 4) is 0 Å². The van der Waals surface area contributed by atoms with Gasteiger partial charge in [0.15, 0.2) is 0 Å². The van der Waals surface area contributed by atoms with Gasteiger partial charge in [0.05, 0.1) is 80.0 Å². The number of rotatable bonds is 9. The molecule has 0 atom stereocenters. The molecule has 0 unspecified atom stereocenters. The Kier molecular flexibility index (Phi) is 49.2. The molecule has 0 heterocycles. The molecule has 0 N–H and O–H groups in total. The van der Waals surface area contributed by atoms with E-state index >= 15 is 0 Å². The summed E-state index contributed by atoms with van der Waals surface area (Å²) in [5, 5.41) is 27.8. The Bertz CT molecular complexity index is 328. The fourth-order valence-electron chi connectivity index (χ4n) is 2.01. The van der Waals surface area contributed by atoms with Crippen molar-refractivity contribution >= 4 is 114 Å². The molecule has 0 fully saturated rings. The van der Waals surface area contributed by atoms with Crippen LogP contribution in [0, 0.1) is 0 Å². The molecule has 15 heteroatoms. The van der Waals surface area contributed by atoms with E-state index in [0.717, 1.165) is 0 Å². The molecule has 0 saturated heterocycles. The average Bonchev–Trinajstić information content (AvgIpc) is 2.82. The minimum absolute atomic E-state index is 0.974. The Balaban J connectivity index is -0.0000000773. The molecule has 6 nitrogen and oxygen atoms in total. The second-order valence-electron chi connectivity index (χ2n) is 8.49. The van der Waals surface area contributed by atoms with Gasteiger partial charge in [-0.3, -0.25) is 0 Å². The maximum atomic E-state index is 9.28. The zero-order valence-corrected chi connectivity index (χ0v) is 33.7. The van der Waals surface area contributed by atoms with Gasteiger partial charge in [-0.2, -0.15) is 67.1 Å². The smallest absolute Gasteiger partial charge is 0.216 e. The molecule has 0 aromatic rings. The van der Waals surface area contributed by atoms with Crippen LogP contribution in [0.4, 0.5) is 0 Å². The normalized spacial score (nSPS) is 10.2. The highest BCUT2D eigenvalue weighted by molar-refractivity contribution is 14.1. The van der Waals surface area contributed by atoms with Gasteiger partial charge in [-0.15, -0.1) is 0 Å². The van der Waals surface area contributed by atoms with Crippen LogP contribution in [0.15, 0.2) is 0 Å². The van der Waals surface area contributed by atoms with Crippen LogP contribution in [0.25, 0.3) is 0 Å². The van der Waals surface area contributed by atoms with E-state index in [1.807, 2.05) is 0 Å². The summed E-state index contributed by atoms with van der Waals surface area (Å²) in [7, 11) is 6.88. The van der Waals surface area contributed by atoms with Crippen molar-refractivity contribution in [1.29, 1.82) is 0 Å². The average molecular weight is 916 g/mol. The van der Waals surface area contributed by atoms with Crippen LogP contribution < -0.4 is 15.1 Å².